The lowest BCUT2D eigenvalue weighted by molar-refractivity contribution is 0.109. The normalized spacial score (nSPS) is 25.5. The number of nitrogens with zero attached hydrogens (tertiary/aromatic N) is 2. The Balaban J connectivity index is 2.11. The zero-order chi connectivity index (χ0) is 12.3. The summed E-state index contributed by atoms with van der Waals surface area (Å²) in [4.78, 5) is 0. The molecule has 2 rings (SSSR count). The van der Waals surface area contributed by atoms with Gasteiger partial charge >= 0.3 is 0 Å². The van der Waals surface area contributed by atoms with E-state index in [9.17, 15) is 0 Å². The Bertz CT molecular complexity index is 393. The molecule has 0 aliphatic carbocycles. The second-order valence-electron chi connectivity index (χ2n) is 4.78. The van der Waals surface area contributed by atoms with Gasteiger partial charge in [0, 0.05) is 21.2 Å². The van der Waals surface area contributed by atoms with Gasteiger partial charge in [0.1, 0.15) is 0 Å². The average Bonchev–Trinajstić information content (AvgIpc) is 2.30. The lowest BCUT2D eigenvalue weighted by Gasteiger charge is -2.36. The highest BCUT2D eigenvalue weighted by molar-refractivity contribution is 14.1. The third kappa shape index (κ3) is 3.21. The molecule has 1 fully saturated rings. The zero-order valence-corrected chi connectivity index (χ0v) is 12.6. The molecule has 1 heterocycles. The summed E-state index contributed by atoms with van der Waals surface area (Å²) >= 11 is 2.36. The Morgan fingerprint density at radius 1 is 1.24 bits per heavy atom. The van der Waals surface area contributed by atoms with E-state index in [2.05, 4.69) is 70.8 Å². The Morgan fingerprint density at radius 3 is 2.53 bits per heavy atom. The smallest absolute Gasteiger partial charge is 0.0553 e. The van der Waals surface area contributed by atoms with Crippen molar-refractivity contribution in [2.45, 2.75) is 45.2 Å². The van der Waals surface area contributed by atoms with Crippen LogP contribution >= 0.6 is 22.6 Å². The first-order chi connectivity index (χ1) is 8.18. The number of piperidine rings is 1. The molecule has 1 aliphatic rings. The minimum Gasteiger partial charge on any atom is -0.292 e. The summed E-state index contributed by atoms with van der Waals surface area (Å²) < 4.78 is 1.26. The van der Waals surface area contributed by atoms with Gasteiger partial charge in [-0.15, -0.1) is 0 Å². The molecular formula is C14H19IN2. The molecule has 0 radical (unpaired) electrons. The lowest BCUT2D eigenvalue weighted by Crippen LogP contribution is -2.39. The van der Waals surface area contributed by atoms with E-state index in [1.807, 2.05) is 6.21 Å². The van der Waals surface area contributed by atoms with Crippen LogP contribution in [-0.4, -0.2) is 23.3 Å². The molecule has 1 aliphatic heterocycles. The molecule has 0 bridgehead atoms. The molecule has 0 spiro atoms. The van der Waals surface area contributed by atoms with Crippen LogP contribution in [0.4, 0.5) is 0 Å². The van der Waals surface area contributed by atoms with E-state index in [1.165, 1.54) is 28.4 Å². The van der Waals surface area contributed by atoms with Crippen LogP contribution in [0.15, 0.2) is 29.4 Å². The monoisotopic (exact) mass is 342 g/mol. The van der Waals surface area contributed by atoms with Gasteiger partial charge in [0.2, 0.25) is 0 Å². The number of halogens is 1. The van der Waals surface area contributed by atoms with E-state index in [4.69, 9.17) is 0 Å². The van der Waals surface area contributed by atoms with Crippen LogP contribution in [0.2, 0.25) is 0 Å². The average molecular weight is 342 g/mol. The quantitative estimate of drug-likeness (QED) is 0.588. The molecule has 3 heteroatoms. The van der Waals surface area contributed by atoms with E-state index in [1.54, 1.807) is 0 Å². The third-order valence-corrected chi connectivity index (χ3v) is 4.36. The first kappa shape index (κ1) is 12.9. The summed E-state index contributed by atoms with van der Waals surface area (Å²) in [6.07, 6.45) is 5.85. The molecule has 92 valence electrons. The van der Waals surface area contributed by atoms with Crippen LogP contribution < -0.4 is 0 Å². The molecule has 1 aromatic rings. The number of benzene rings is 1. The molecule has 0 aromatic heterocycles. The van der Waals surface area contributed by atoms with Gasteiger partial charge in [-0.3, -0.25) is 5.01 Å². The molecular weight excluding hydrogens is 323 g/mol. The first-order valence-electron chi connectivity index (χ1n) is 6.25. The van der Waals surface area contributed by atoms with Crippen LogP contribution in [0.1, 0.15) is 38.7 Å². The van der Waals surface area contributed by atoms with Crippen molar-refractivity contribution in [3.63, 3.8) is 0 Å². The summed E-state index contributed by atoms with van der Waals surface area (Å²) in [5.74, 6) is 0. The maximum atomic E-state index is 4.68. The highest BCUT2D eigenvalue weighted by atomic mass is 127. The van der Waals surface area contributed by atoms with Crippen molar-refractivity contribution in [2.24, 2.45) is 5.10 Å². The number of hydrazone groups is 1. The Hall–Kier alpha value is -0.580. The van der Waals surface area contributed by atoms with Crippen molar-refractivity contribution < 1.29 is 0 Å². The third-order valence-electron chi connectivity index (χ3n) is 3.38. The number of hydrogen-bond donors (Lipinski definition) is 0. The lowest BCUT2D eigenvalue weighted by atomic mass is 10.00. The van der Waals surface area contributed by atoms with Gasteiger partial charge in [0.05, 0.1) is 6.21 Å². The van der Waals surface area contributed by atoms with Gasteiger partial charge in [-0.2, -0.15) is 5.10 Å². The Labute approximate surface area is 117 Å². The molecule has 2 atom stereocenters. The molecule has 2 nitrogen and oxygen atoms in total. The molecule has 0 saturated carbocycles. The van der Waals surface area contributed by atoms with Gasteiger partial charge in [0.15, 0.2) is 0 Å². The summed E-state index contributed by atoms with van der Waals surface area (Å²) in [6.45, 7) is 4.53. The molecule has 2 unspecified atom stereocenters. The Kier molecular flexibility index (Phi) is 4.42. The van der Waals surface area contributed by atoms with Crippen LogP contribution in [0.25, 0.3) is 0 Å². The van der Waals surface area contributed by atoms with Crippen LogP contribution in [0, 0.1) is 3.57 Å². The fraction of sp³-hybridized carbons (Fsp3) is 0.500. The van der Waals surface area contributed by atoms with Crippen LogP contribution in [-0.2, 0) is 0 Å². The van der Waals surface area contributed by atoms with Gasteiger partial charge < -0.3 is 0 Å². The van der Waals surface area contributed by atoms with E-state index >= 15 is 0 Å². The van der Waals surface area contributed by atoms with E-state index < -0.39 is 0 Å². The summed E-state index contributed by atoms with van der Waals surface area (Å²) in [7, 11) is 0. The molecule has 0 N–H and O–H groups in total. The minimum absolute atomic E-state index is 0.566. The Morgan fingerprint density at radius 2 is 1.88 bits per heavy atom. The molecule has 1 aromatic carbocycles. The minimum atomic E-state index is 0.566. The van der Waals surface area contributed by atoms with Gasteiger partial charge in [0.25, 0.3) is 0 Å². The number of rotatable bonds is 2. The molecule has 1 saturated heterocycles. The summed E-state index contributed by atoms with van der Waals surface area (Å²) in [5.41, 5.74) is 1.21. The van der Waals surface area contributed by atoms with Crippen LogP contribution in [0.5, 0.6) is 0 Å². The van der Waals surface area contributed by atoms with Crippen LogP contribution in [0.3, 0.4) is 0 Å². The largest absolute Gasteiger partial charge is 0.292 e. The topological polar surface area (TPSA) is 15.6 Å². The van der Waals surface area contributed by atoms with Crippen molar-refractivity contribution in [1.82, 2.24) is 5.01 Å². The zero-order valence-electron chi connectivity index (χ0n) is 10.4. The maximum absolute atomic E-state index is 4.68. The fourth-order valence-electron chi connectivity index (χ4n) is 2.34. The summed E-state index contributed by atoms with van der Waals surface area (Å²) in [5, 5.41) is 6.94. The highest BCUT2D eigenvalue weighted by Crippen LogP contribution is 2.22. The molecule has 17 heavy (non-hydrogen) atoms. The van der Waals surface area contributed by atoms with Crippen molar-refractivity contribution in [3.05, 3.63) is 33.4 Å². The number of hydrogen-bond acceptors (Lipinski definition) is 2. The maximum Gasteiger partial charge on any atom is 0.0553 e. The van der Waals surface area contributed by atoms with Crippen molar-refractivity contribution in [3.8, 4) is 0 Å². The predicted molar refractivity (Wildman–Crippen MR) is 81.4 cm³/mol. The van der Waals surface area contributed by atoms with E-state index in [0.717, 1.165) is 0 Å². The second kappa shape index (κ2) is 5.85. The van der Waals surface area contributed by atoms with Gasteiger partial charge in [-0.05, 0) is 61.8 Å². The van der Waals surface area contributed by atoms with Crippen molar-refractivity contribution in [1.29, 1.82) is 0 Å². The summed E-state index contributed by atoms with van der Waals surface area (Å²) in [6, 6.07) is 9.49. The van der Waals surface area contributed by atoms with Gasteiger partial charge in [-0.25, -0.2) is 0 Å². The fourth-order valence-corrected chi connectivity index (χ4v) is 2.87. The molecule has 0 amide bonds. The highest BCUT2D eigenvalue weighted by Gasteiger charge is 2.22. The predicted octanol–water partition coefficient (Wildman–Crippen LogP) is 3.89. The first-order valence-corrected chi connectivity index (χ1v) is 7.33. The van der Waals surface area contributed by atoms with Gasteiger partial charge in [-0.1, -0.05) is 18.2 Å². The van der Waals surface area contributed by atoms with Crippen molar-refractivity contribution in [2.75, 3.05) is 0 Å². The SMILES string of the molecule is CC1CCCC(C)N1N=Cc1ccccc1I. The standard InChI is InChI=1S/C14H19IN2/c1-11-6-5-7-12(2)17(11)16-10-13-8-3-4-9-14(13)15/h3-4,8-12H,5-7H2,1-2H3. The van der Waals surface area contributed by atoms with Crippen molar-refractivity contribution >= 4 is 28.8 Å². The second-order valence-corrected chi connectivity index (χ2v) is 5.94. The van der Waals surface area contributed by atoms with E-state index in [0.29, 0.717) is 12.1 Å². The van der Waals surface area contributed by atoms with E-state index in [-0.39, 0.29) is 0 Å².